The zero-order valence-corrected chi connectivity index (χ0v) is 13.1. The molecule has 1 aliphatic rings. The van der Waals surface area contributed by atoms with Gasteiger partial charge in [0.15, 0.2) is 5.82 Å². The number of hydrogen-bond acceptors (Lipinski definition) is 5. The largest absolute Gasteiger partial charge is 0.450 e. The van der Waals surface area contributed by atoms with Crippen molar-refractivity contribution in [2.45, 2.75) is 26.7 Å². The van der Waals surface area contributed by atoms with Gasteiger partial charge in [0.1, 0.15) is 0 Å². The number of nitrogens with zero attached hydrogens (tertiary/aromatic N) is 4. The Morgan fingerprint density at radius 2 is 1.95 bits per heavy atom. The zero-order chi connectivity index (χ0) is 15.4. The van der Waals surface area contributed by atoms with E-state index >= 15 is 0 Å². The maximum atomic E-state index is 11.7. The van der Waals surface area contributed by atoms with E-state index in [9.17, 15) is 4.79 Å². The topological polar surface area (TPSA) is 76.6 Å². The van der Waals surface area contributed by atoms with Crippen molar-refractivity contribution in [2.75, 3.05) is 43.4 Å². The third-order valence-electron chi connectivity index (χ3n) is 3.72. The summed E-state index contributed by atoms with van der Waals surface area (Å²) in [7, 11) is 1.92. The summed E-state index contributed by atoms with van der Waals surface area (Å²) < 4.78 is 6.88. The van der Waals surface area contributed by atoms with E-state index in [-0.39, 0.29) is 6.09 Å². The van der Waals surface area contributed by atoms with Gasteiger partial charge in [-0.05, 0) is 13.3 Å². The molecule has 1 fully saturated rings. The summed E-state index contributed by atoms with van der Waals surface area (Å²) in [5.41, 5.74) is 7.96. The quantitative estimate of drug-likeness (QED) is 0.904. The number of piperazine rings is 1. The fraction of sp³-hybridized carbons (Fsp3) is 0.714. The lowest BCUT2D eigenvalue weighted by Crippen LogP contribution is -2.49. The van der Waals surface area contributed by atoms with Crippen LogP contribution in [0, 0.1) is 0 Å². The highest BCUT2D eigenvalue weighted by atomic mass is 16.6. The van der Waals surface area contributed by atoms with Crippen LogP contribution in [0.3, 0.4) is 0 Å². The van der Waals surface area contributed by atoms with Crippen molar-refractivity contribution in [3.63, 3.8) is 0 Å². The van der Waals surface area contributed by atoms with Gasteiger partial charge in [-0.3, -0.25) is 4.68 Å². The molecule has 1 aromatic heterocycles. The van der Waals surface area contributed by atoms with Gasteiger partial charge in [0.2, 0.25) is 0 Å². The molecule has 2 rings (SSSR count). The summed E-state index contributed by atoms with van der Waals surface area (Å²) >= 11 is 0. The Morgan fingerprint density at radius 1 is 1.29 bits per heavy atom. The molecule has 1 saturated heterocycles. The normalized spacial score (nSPS) is 15.4. The van der Waals surface area contributed by atoms with Crippen LogP contribution < -0.4 is 10.6 Å². The van der Waals surface area contributed by atoms with Crippen molar-refractivity contribution in [1.29, 1.82) is 0 Å². The zero-order valence-electron chi connectivity index (χ0n) is 13.1. The smallest absolute Gasteiger partial charge is 0.409 e. The molecule has 2 heterocycles. The number of aryl methyl sites for hydroxylation is 2. The number of nitrogens with two attached hydrogens (primary N) is 1. The van der Waals surface area contributed by atoms with Gasteiger partial charge in [-0.25, -0.2) is 4.79 Å². The van der Waals surface area contributed by atoms with Crippen molar-refractivity contribution >= 4 is 17.6 Å². The molecule has 0 aliphatic carbocycles. The molecule has 118 valence electrons. The lowest BCUT2D eigenvalue weighted by molar-refractivity contribution is 0.105. The Bertz CT molecular complexity index is 492. The van der Waals surface area contributed by atoms with Crippen LogP contribution in [0.25, 0.3) is 0 Å². The standard InChI is InChI=1S/C14H25N5O2/c1-4-6-11-12(15)13(17(3)16-11)18-7-9-19(10-8-18)14(20)21-5-2/h4-10,15H2,1-3H3. The van der Waals surface area contributed by atoms with E-state index in [2.05, 4.69) is 16.9 Å². The molecule has 1 aromatic rings. The third-order valence-corrected chi connectivity index (χ3v) is 3.72. The number of rotatable bonds is 4. The van der Waals surface area contributed by atoms with Crippen LogP contribution in [0.2, 0.25) is 0 Å². The summed E-state index contributed by atoms with van der Waals surface area (Å²) in [4.78, 5) is 15.6. The first-order chi connectivity index (χ1) is 10.1. The van der Waals surface area contributed by atoms with E-state index in [1.54, 1.807) is 4.90 Å². The molecule has 0 bridgehead atoms. The number of carbonyl (C=O) groups is 1. The molecule has 0 radical (unpaired) electrons. The van der Waals surface area contributed by atoms with Gasteiger partial charge in [0, 0.05) is 33.2 Å². The van der Waals surface area contributed by atoms with E-state index in [1.165, 1.54) is 0 Å². The minimum atomic E-state index is -0.234. The number of carbonyl (C=O) groups excluding carboxylic acids is 1. The Labute approximate surface area is 125 Å². The fourth-order valence-electron chi connectivity index (χ4n) is 2.70. The second kappa shape index (κ2) is 6.69. The first-order valence-corrected chi connectivity index (χ1v) is 7.56. The Morgan fingerprint density at radius 3 is 2.52 bits per heavy atom. The van der Waals surface area contributed by atoms with Gasteiger partial charge in [-0.1, -0.05) is 13.3 Å². The average molecular weight is 295 g/mol. The first-order valence-electron chi connectivity index (χ1n) is 7.56. The lowest BCUT2D eigenvalue weighted by atomic mass is 10.2. The van der Waals surface area contributed by atoms with Gasteiger partial charge in [-0.15, -0.1) is 0 Å². The maximum Gasteiger partial charge on any atom is 0.409 e. The fourth-order valence-corrected chi connectivity index (χ4v) is 2.70. The molecule has 1 amide bonds. The third kappa shape index (κ3) is 3.22. The van der Waals surface area contributed by atoms with Gasteiger partial charge in [0.05, 0.1) is 18.0 Å². The van der Waals surface area contributed by atoms with Crippen molar-refractivity contribution < 1.29 is 9.53 Å². The Kier molecular flexibility index (Phi) is 4.93. The summed E-state index contributed by atoms with van der Waals surface area (Å²) in [6, 6.07) is 0. The molecular weight excluding hydrogens is 270 g/mol. The molecule has 0 aromatic carbocycles. The van der Waals surface area contributed by atoms with Crippen LogP contribution in [-0.4, -0.2) is 53.6 Å². The number of amides is 1. The Hall–Kier alpha value is -1.92. The van der Waals surface area contributed by atoms with Crippen molar-refractivity contribution in [1.82, 2.24) is 14.7 Å². The molecule has 21 heavy (non-hydrogen) atoms. The number of aromatic nitrogens is 2. The molecule has 0 spiro atoms. The van der Waals surface area contributed by atoms with Crippen LogP contribution in [-0.2, 0) is 18.2 Å². The predicted molar refractivity (Wildman–Crippen MR) is 82.4 cm³/mol. The monoisotopic (exact) mass is 295 g/mol. The molecule has 0 saturated carbocycles. The van der Waals surface area contributed by atoms with E-state index in [0.29, 0.717) is 19.7 Å². The van der Waals surface area contributed by atoms with Crippen LogP contribution in [0.5, 0.6) is 0 Å². The summed E-state index contributed by atoms with van der Waals surface area (Å²) in [5, 5.41) is 4.50. The van der Waals surface area contributed by atoms with Crippen LogP contribution in [0.1, 0.15) is 26.0 Å². The van der Waals surface area contributed by atoms with Gasteiger partial charge in [0.25, 0.3) is 0 Å². The molecule has 0 unspecified atom stereocenters. The first kappa shape index (κ1) is 15.5. The average Bonchev–Trinajstić information content (AvgIpc) is 2.74. The van der Waals surface area contributed by atoms with Crippen LogP contribution in [0.15, 0.2) is 0 Å². The van der Waals surface area contributed by atoms with E-state index in [0.717, 1.165) is 43.1 Å². The minimum absolute atomic E-state index is 0.234. The minimum Gasteiger partial charge on any atom is -0.450 e. The molecular formula is C14H25N5O2. The SMILES string of the molecule is CCCc1nn(C)c(N2CCN(C(=O)OCC)CC2)c1N. The number of hydrogen-bond donors (Lipinski definition) is 1. The summed E-state index contributed by atoms with van der Waals surface area (Å²) in [6.07, 6.45) is 1.68. The van der Waals surface area contributed by atoms with Gasteiger partial charge < -0.3 is 20.3 Å². The summed E-state index contributed by atoms with van der Waals surface area (Å²) in [6.45, 7) is 7.13. The lowest BCUT2D eigenvalue weighted by Gasteiger charge is -2.35. The van der Waals surface area contributed by atoms with Crippen molar-refractivity contribution in [3.05, 3.63) is 5.69 Å². The molecule has 0 atom stereocenters. The molecule has 2 N–H and O–H groups in total. The highest BCUT2D eigenvalue weighted by Gasteiger charge is 2.26. The number of anilines is 2. The second-order valence-corrected chi connectivity index (χ2v) is 5.23. The molecule has 7 nitrogen and oxygen atoms in total. The van der Waals surface area contributed by atoms with Crippen LogP contribution >= 0.6 is 0 Å². The Balaban J connectivity index is 2.04. The van der Waals surface area contributed by atoms with Crippen LogP contribution in [0.4, 0.5) is 16.3 Å². The maximum absolute atomic E-state index is 11.7. The molecule has 7 heteroatoms. The van der Waals surface area contributed by atoms with E-state index in [4.69, 9.17) is 10.5 Å². The highest BCUT2D eigenvalue weighted by molar-refractivity contribution is 5.69. The van der Waals surface area contributed by atoms with Crippen molar-refractivity contribution in [2.24, 2.45) is 7.05 Å². The number of nitrogen functional groups attached to an aromatic ring is 1. The van der Waals surface area contributed by atoms with Gasteiger partial charge in [-0.2, -0.15) is 5.10 Å². The predicted octanol–water partition coefficient (Wildman–Crippen LogP) is 1.23. The van der Waals surface area contributed by atoms with Crippen molar-refractivity contribution in [3.8, 4) is 0 Å². The second-order valence-electron chi connectivity index (χ2n) is 5.23. The van der Waals surface area contributed by atoms with E-state index in [1.807, 2.05) is 18.7 Å². The highest BCUT2D eigenvalue weighted by Crippen LogP contribution is 2.27. The van der Waals surface area contributed by atoms with Gasteiger partial charge >= 0.3 is 6.09 Å². The molecule has 1 aliphatic heterocycles. The summed E-state index contributed by atoms with van der Waals surface area (Å²) in [5.74, 6) is 0.960. The van der Waals surface area contributed by atoms with E-state index < -0.39 is 0 Å². The number of ether oxygens (including phenoxy) is 1.